The van der Waals surface area contributed by atoms with Crippen LogP contribution in [0.15, 0.2) is 47.3 Å². The van der Waals surface area contributed by atoms with E-state index in [4.69, 9.17) is 0 Å². The summed E-state index contributed by atoms with van der Waals surface area (Å²) in [7, 11) is 1.55. The Morgan fingerprint density at radius 2 is 1.93 bits per heavy atom. The molecule has 0 aliphatic rings. The van der Waals surface area contributed by atoms with Crippen LogP contribution in [0.2, 0.25) is 0 Å². The second-order valence-electron chi connectivity index (χ2n) is 6.12. The van der Waals surface area contributed by atoms with E-state index in [-0.39, 0.29) is 11.3 Å². The number of nitro benzene ring substituents is 1. The number of ketones is 1. The van der Waals surface area contributed by atoms with Gasteiger partial charge in [-0.3, -0.25) is 19.7 Å². The molecule has 28 heavy (non-hydrogen) atoms. The highest BCUT2D eigenvalue weighted by atomic mass is 32.1. The van der Waals surface area contributed by atoms with E-state index >= 15 is 0 Å². The summed E-state index contributed by atoms with van der Waals surface area (Å²) in [5.74, 6) is -0.910. The zero-order valence-electron chi connectivity index (χ0n) is 15.0. The fraction of sp³-hybridized carbons (Fsp3) is 0.100. The first-order chi connectivity index (χ1) is 13.3. The van der Waals surface area contributed by atoms with Crippen LogP contribution in [0.25, 0.3) is 12.2 Å². The monoisotopic (exact) mass is 395 g/mol. The molecule has 0 N–H and O–H groups in total. The third kappa shape index (κ3) is 3.77. The van der Waals surface area contributed by atoms with Gasteiger partial charge in [-0.25, -0.2) is 0 Å². The zero-order valence-corrected chi connectivity index (χ0v) is 15.9. The van der Waals surface area contributed by atoms with Crippen molar-refractivity contribution >= 4 is 35.0 Å². The summed E-state index contributed by atoms with van der Waals surface area (Å²) < 4.78 is 2.11. The fourth-order valence-electron chi connectivity index (χ4n) is 2.67. The van der Waals surface area contributed by atoms with Gasteiger partial charge in [0, 0.05) is 24.8 Å². The van der Waals surface area contributed by atoms with E-state index in [9.17, 15) is 24.8 Å². The number of hydrogen-bond donors (Lipinski definition) is 0. The number of thiazole rings is 1. The lowest BCUT2D eigenvalue weighted by atomic mass is 10.1. The Kier molecular flexibility index (Phi) is 5.23. The maximum Gasteiger partial charge on any atom is 0.268 e. The van der Waals surface area contributed by atoms with Gasteiger partial charge in [0.2, 0.25) is 0 Å². The highest BCUT2D eigenvalue weighted by Crippen LogP contribution is 2.23. The number of Topliss-reactive ketones (excluding diaryl/α,β-unsaturated/α-hetero) is 1. The van der Waals surface area contributed by atoms with Crippen molar-refractivity contribution < 1.29 is 14.8 Å². The molecule has 0 spiro atoms. The largest absolute Gasteiger partial charge is 0.868 e. The van der Waals surface area contributed by atoms with Crippen LogP contribution in [0.3, 0.4) is 0 Å². The van der Waals surface area contributed by atoms with Crippen LogP contribution in [0.4, 0.5) is 5.69 Å². The minimum absolute atomic E-state index is 0.215. The number of aromatic nitrogens is 1. The molecule has 1 heterocycles. The molecule has 0 amide bonds. The lowest BCUT2D eigenvalue weighted by Gasteiger charge is -2.05. The number of benzene rings is 2. The number of rotatable bonds is 4. The summed E-state index contributed by atoms with van der Waals surface area (Å²) in [6.45, 7) is 1.83. The first-order valence-corrected chi connectivity index (χ1v) is 9.04. The van der Waals surface area contributed by atoms with Crippen LogP contribution in [-0.4, -0.2) is 15.3 Å². The van der Waals surface area contributed by atoms with Crippen molar-refractivity contribution in [2.45, 2.75) is 6.92 Å². The summed E-state index contributed by atoms with van der Waals surface area (Å²) in [5.41, 5.74) is 0.867. The van der Waals surface area contributed by atoms with Crippen molar-refractivity contribution in [3.05, 3.63) is 88.8 Å². The van der Waals surface area contributed by atoms with E-state index in [1.54, 1.807) is 19.2 Å². The molecule has 0 saturated carbocycles. The van der Waals surface area contributed by atoms with Gasteiger partial charge in [0.15, 0.2) is 5.78 Å². The van der Waals surface area contributed by atoms with Crippen molar-refractivity contribution in [1.29, 1.82) is 0 Å². The summed E-state index contributed by atoms with van der Waals surface area (Å²) in [6, 6.07) is 10.8. The molecule has 142 valence electrons. The highest BCUT2D eigenvalue weighted by molar-refractivity contribution is 7.07. The third-order valence-corrected chi connectivity index (χ3v) is 5.32. The fourth-order valence-corrected chi connectivity index (χ4v) is 3.70. The molecule has 0 bridgehead atoms. The predicted molar refractivity (Wildman–Crippen MR) is 105 cm³/mol. The van der Waals surface area contributed by atoms with E-state index in [2.05, 4.69) is 0 Å². The van der Waals surface area contributed by atoms with E-state index in [1.807, 2.05) is 19.1 Å². The molecule has 0 fully saturated rings. The van der Waals surface area contributed by atoms with Gasteiger partial charge in [0.1, 0.15) is 4.66 Å². The van der Waals surface area contributed by atoms with Crippen LogP contribution in [0.5, 0.6) is 5.75 Å². The molecular formula is C20H15N2O5S-. The Balaban J connectivity index is 2.10. The lowest BCUT2D eigenvalue weighted by Crippen LogP contribution is -2.29. The van der Waals surface area contributed by atoms with Crippen molar-refractivity contribution in [3.63, 3.8) is 0 Å². The van der Waals surface area contributed by atoms with Gasteiger partial charge in [-0.15, -0.1) is 11.3 Å². The minimum atomic E-state index is -0.758. The average Bonchev–Trinajstić information content (AvgIpc) is 2.91. The van der Waals surface area contributed by atoms with Crippen molar-refractivity contribution in [2.75, 3.05) is 0 Å². The number of nitrogens with zero attached hydrogens (tertiary/aromatic N) is 2. The topological polar surface area (TPSA) is 105 Å². The second-order valence-corrected chi connectivity index (χ2v) is 7.18. The van der Waals surface area contributed by atoms with Gasteiger partial charge < -0.3 is 9.67 Å². The first kappa shape index (κ1) is 19.2. The Bertz CT molecular complexity index is 1270. The molecule has 1 aromatic heterocycles. The maximum absolute atomic E-state index is 12.5. The predicted octanol–water partition coefficient (Wildman–Crippen LogP) is 1.23. The molecule has 0 atom stereocenters. The SMILES string of the molecule is Cc1ccccc1C(=O)/C=c1\s/c(=C\c2ccc([O-])c([N+](=O)[O-])c2)c(=O)n1C. The molecule has 0 unspecified atom stereocenters. The van der Waals surface area contributed by atoms with Crippen molar-refractivity contribution in [3.8, 4) is 5.75 Å². The molecular weight excluding hydrogens is 380 g/mol. The van der Waals surface area contributed by atoms with Gasteiger partial charge in [-0.1, -0.05) is 36.4 Å². The molecule has 0 radical (unpaired) electrons. The van der Waals surface area contributed by atoms with Crippen molar-refractivity contribution in [1.82, 2.24) is 4.57 Å². The minimum Gasteiger partial charge on any atom is -0.868 e. The Hall–Kier alpha value is -3.52. The maximum atomic E-state index is 12.5. The van der Waals surface area contributed by atoms with Crippen LogP contribution >= 0.6 is 11.3 Å². The van der Waals surface area contributed by atoms with Gasteiger partial charge in [-0.05, 0) is 29.9 Å². The molecule has 8 heteroatoms. The van der Waals surface area contributed by atoms with Gasteiger partial charge >= 0.3 is 0 Å². The summed E-state index contributed by atoms with van der Waals surface area (Å²) in [5, 5.41) is 22.4. The highest BCUT2D eigenvalue weighted by Gasteiger charge is 2.09. The van der Waals surface area contributed by atoms with E-state index in [1.165, 1.54) is 22.8 Å². The zero-order chi connectivity index (χ0) is 20.4. The van der Waals surface area contributed by atoms with Gasteiger partial charge in [-0.2, -0.15) is 0 Å². The first-order valence-electron chi connectivity index (χ1n) is 8.22. The van der Waals surface area contributed by atoms with E-state index in [0.29, 0.717) is 20.3 Å². The molecule has 3 rings (SSSR count). The summed E-state index contributed by atoms with van der Waals surface area (Å²) in [4.78, 5) is 35.2. The standard InChI is InChI=1S/C20H16N2O5S/c1-12-5-3-4-6-14(12)17(24)11-19-21(2)20(25)18(28-19)10-13-7-8-16(23)15(9-13)22(26)27/h3-11,23H,1-2H3/p-1/b18-10-,19-11-. The number of carbonyl (C=O) groups excluding carboxylic acids is 1. The van der Waals surface area contributed by atoms with E-state index in [0.717, 1.165) is 29.0 Å². The van der Waals surface area contributed by atoms with Crippen molar-refractivity contribution in [2.24, 2.45) is 7.05 Å². The van der Waals surface area contributed by atoms with Gasteiger partial charge in [0.05, 0.1) is 9.46 Å². The molecule has 0 saturated heterocycles. The van der Waals surface area contributed by atoms with Crippen LogP contribution in [-0.2, 0) is 7.05 Å². The molecule has 0 aliphatic carbocycles. The molecule has 0 aliphatic heterocycles. The molecule has 2 aromatic carbocycles. The lowest BCUT2D eigenvalue weighted by molar-refractivity contribution is -0.398. The van der Waals surface area contributed by atoms with Crippen LogP contribution < -0.4 is 19.9 Å². The third-order valence-electron chi connectivity index (χ3n) is 4.20. The van der Waals surface area contributed by atoms with Crippen LogP contribution in [0, 0.1) is 17.0 Å². The van der Waals surface area contributed by atoms with Crippen LogP contribution in [0.1, 0.15) is 21.5 Å². The number of carbonyl (C=O) groups is 1. The second kappa shape index (κ2) is 7.61. The molecule has 3 aromatic rings. The number of hydrogen-bond acceptors (Lipinski definition) is 6. The summed E-state index contributed by atoms with van der Waals surface area (Å²) in [6.07, 6.45) is 2.87. The summed E-state index contributed by atoms with van der Waals surface area (Å²) >= 11 is 1.10. The molecule has 7 nitrogen and oxygen atoms in total. The normalized spacial score (nSPS) is 12.4. The number of nitro groups is 1. The Labute approximate surface area is 163 Å². The number of aryl methyl sites for hydroxylation is 1. The van der Waals surface area contributed by atoms with Gasteiger partial charge in [0.25, 0.3) is 11.2 Å². The Morgan fingerprint density at radius 1 is 1.21 bits per heavy atom. The quantitative estimate of drug-likeness (QED) is 0.375. The Morgan fingerprint density at radius 3 is 2.61 bits per heavy atom. The van der Waals surface area contributed by atoms with E-state index < -0.39 is 16.4 Å². The smallest absolute Gasteiger partial charge is 0.268 e. The average molecular weight is 395 g/mol.